The lowest BCUT2D eigenvalue weighted by atomic mass is 9.48. The first-order valence-corrected chi connectivity index (χ1v) is 28.4. The third-order valence-corrected chi connectivity index (χ3v) is 26.6. The van der Waals surface area contributed by atoms with E-state index in [1.807, 2.05) is 0 Å². The highest BCUT2D eigenvalue weighted by Gasteiger charge is 2.68. The van der Waals surface area contributed by atoms with Crippen LogP contribution in [0.2, 0.25) is 0 Å². The largest absolute Gasteiger partial charge is 0.103 e. The molecule has 29 aromatic carbocycles. The summed E-state index contributed by atoms with van der Waals surface area (Å²) >= 11 is 0. The van der Waals surface area contributed by atoms with Crippen molar-refractivity contribution in [3.8, 4) is 0 Å². The molecule has 5 aliphatic rings. The molecule has 5 aliphatic carbocycles. The molecule has 0 bridgehead atoms. The van der Waals surface area contributed by atoms with Crippen LogP contribution in [0.4, 0.5) is 0 Å². The molecule has 0 heterocycles. The zero-order valence-corrected chi connectivity index (χ0v) is 39.3. The summed E-state index contributed by atoms with van der Waals surface area (Å²) in [6, 6.07) is 24.2. The molecule has 29 aromatic rings. The molecule has 0 aromatic heterocycles. The lowest BCUT2D eigenvalue weighted by Gasteiger charge is -2.52. The molecule has 0 saturated carbocycles. The van der Waals surface area contributed by atoms with Crippen molar-refractivity contribution < 1.29 is 0 Å². The topological polar surface area (TPSA) is 0 Å². The maximum absolute atomic E-state index is 4.91. The van der Waals surface area contributed by atoms with Gasteiger partial charge in [-0.2, -0.15) is 0 Å². The van der Waals surface area contributed by atoms with E-state index in [4.69, 9.17) is 6.58 Å². The zero-order valence-electron chi connectivity index (χ0n) is 39.3. The Bertz CT molecular complexity index is 7770. The van der Waals surface area contributed by atoms with E-state index in [9.17, 15) is 0 Å². The van der Waals surface area contributed by atoms with Gasteiger partial charge in [-0.15, -0.1) is 6.58 Å². The Labute approximate surface area is 418 Å². The van der Waals surface area contributed by atoms with Gasteiger partial charge in [-0.1, -0.05) is 66.7 Å². The SMILES string of the molecule is C=CC[C@]12c3c4c5c6c7c8c9c%10c(c1c1c%11c2c2c%12c3c5c3c5c%12c%12c2c2c%11c%11c%13c1c%10c1c%10c9c9c7c7c6c3c3c5c5c%12c6c2c%11c2c(c%131)c1c%10c9c9c7c3c3c9c1c2c6c53)[C@@]48C(c1ccccc1)c1ccccc1. The Balaban J connectivity index is 1.14. The highest BCUT2D eigenvalue weighted by Crippen LogP contribution is 2.85. The van der Waals surface area contributed by atoms with Crippen molar-refractivity contribution in [1.82, 2.24) is 0 Å². The number of benzene rings is 19. The minimum absolute atomic E-state index is 0.0424. The van der Waals surface area contributed by atoms with Gasteiger partial charge < -0.3 is 0 Å². The van der Waals surface area contributed by atoms with Gasteiger partial charge in [0.25, 0.3) is 0 Å². The Morgan fingerprint density at radius 3 is 0.737 bits per heavy atom. The molecule has 2 atom stereocenters. The summed E-state index contributed by atoms with van der Waals surface area (Å²) in [6.45, 7) is 4.91. The van der Waals surface area contributed by atoms with E-state index in [1.54, 1.807) is 313 Å². The summed E-state index contributed by atoms with van der Waals surface area (Å²) in [6.07, 6.45) is 3.33. The molecule has 320 valence electrons. The lowest BCUT2D eigenvalue weighted by molar-refractivity contribution is 0.501. The molecule has 76 heavy (non-hydrogen) atoms. The fraction of sp³-hybridized carbons (Fsp3) is 0.0526. The molecule has 0 spiro atoms. The molecule has 34 rings (SSSR count). The van der Waals surface area contributed by atoms with E-state index in [0.29, 0.717) is 0 Å². The van der Waals surface area contributed by atoms with Crippen molar-refractivity contribution >= 4 is 280 Å². The molecular weight excluding hydrogens is 913 g/mol. The van der Waals surface area contributed by atoms with Crippen molar-refractivity contribution in [2.24, 2.45) is 0 Å². The third-order valence-electron chi connectivity index (χ3n) is 26.6. The lowest BCUT2D eigenvalue weighted by Crippen LogP contribution is -2.46. The molecule has 0 unspecified atom stereocenters. The first-order valence-electron chi connectivity index (χ1n) is 28.4. The van der Waals surface area contributed by atoms with Crippen LogP contribution in [0.1, 0.15) is 56.8 Å². The number of rotatable bonds is 5. The quantitative estimate of drug-likeness (QED) is 0.119. The molecule has 0 heteroatoms. The first kappa shape index (κ1) is 29.5. The van der Waals surface area contributed by atoms with Crippen molar-refractivity contribution in [3.05, 3.63) is 118 Å². The van der Waals surface area contributed by atoms with Gasteiger partial charge in [-0.25, -0.2) is 0 Å². The Morgan fingerprint density at radius 2 is 0.434 bits per heavy atom. The molecule has 0 fully saturated rings. The van der Waals surface area contributed by atoms with Crippen LogP contribution in [0.25, 0.3) is 280 Å². The standard InChI is InChI=1S/C76H16/c1-2-13-75-69-60-51-44-31-24-18-19-21-17-16-20(18)29(31)35-33-22(16)26-23(17)34-36-30(21)32-25(19)28-27(24)38-46-39(28)48-45(32)52-50(36)54-41(34)43-37(26)42-40(33)53(49(35)51)64(69)66-55(42)56(43)67-65(54)70-61(52)58(48)63-59(46)62(57(60)47(38)44)71(75)73(63)76(70,74(67)72(66)75)68(14-9-5-3-6-10-14)15-11-7-4-8-12-15/h2-12,68H,1,13H2/t75-,76+/m0/s1. The van der Waals surface area contributed by atoms with E-state index in [2.05, 4.69) is 66.7 Å². The van der Waals surface area contributed by atoms with E-state index in [1.165, 1.54) is 11.1 Å². The van der Waals surface area contributed by atoms with Crippen LogP contribution in [0.15, 0.2) is 73.3 Å². The summed E-state index contributed by atoms with van der Waals surface area (Å²) in [7, 11) is 0. The molecule has 0 N–H and O–H groups in total. The highest BCUT2D eigenvalue weighted by molar-refractivity contribution is 6.81. The smallest absolute Gasteiger partial charge is 0.0592 e. The monoisotopic (exact) mass is 928 g/mol. The van der Waals surface area contributed by atoms with Crippen LogP contribution in [0.5, 0.6) is 0 Å². The number of allylic oxidation sites excluding steroid dienone is 1. The van der Waals surface area contributed by atoms with Crippen molar-refractivity contribution in [1.29, 1.82) is 0 Å². The van der Waals surface area contributed by atoms with Gasteiger partial charge in [0.2, 0.25) is 0 Å². The van der Waals surface area contributed by atoms with Crippen molar-refractivity contribution in [2.45, 2.75) is 23.2 Å². The second-order valence-corrected chi connectivity index (χ2v) is 27.2. The average Bonchev–Trinajstić information content (AvgIpc) is 1.60. The van der Waals surface area contributed by atoms with Gasteiger partial charge >= 0.3 is 0 Å². The van der Waals surface area contributed by atoms with Crippen LogP contribution in [0.3, 0.4) is 0 Å². The normalized spacial score (nSPS) is 21.0. The predicted octanol–water partition coefficient (Wildman–Crippen LogP) is 20.4. The maximum Gasteiger partial charge on any atom is 0.0592 e. The molecular formula is C76H16. The number of hydrogen-bond acceptors (Lipinski definition) is 0. The minimum atomic E-state index is -0.491. The zero-order chi connectivity index (χ0) is 45.7. The summed E-state index contributed by atoms with van der Waals surface area (Å²) in [5, 5.41) is 85.6. The van der Waals surface area contributed by atoms with Crippen LogP contribution >= 0.6 is 0 Å². The fourth-order valence-corrected chi connectivity index (χ4v) is 26.4. The first-order chi connectivity index (χ1) is 37.9. The van der Waals surface area contributed by atoms with Gasteiger partial charge in [0.15, 0.2) is 0 Å². The van der Waals surface area contributed by atoms with E-state index in [-0.39, 0.29) is 11.3 Å². The summed E-state index contributed by atoms with van der Waals surface area (Å²) in [4.78, 5) is 0. The van der Waals surface area contributed by atoms with Crippen LogP contribution in [-0.4, -0.2) is 0 Å². The number of hydrogen-bond donors (Lipinski definition) is 0. The van der Waals surface area contributed by atoms with Gasteiger partial charge in [0.05, 0.1) is 10.8 Å². The Morgan fingerprint density at radius 1 is 0.237 bits per heavy atom. The summed E-state index contributed by atoms with van der Waals surface area (Å²) in [5.41, 5.74) is 12.3. The van der Waals surface area contributed by atoms with Gasteiger partial charge in [-0.05, 0) is 331 Å². The molecule has 0 nitrogen and oxygen atoms in total. The predicted molar refractivity (Wildman–Crippen MR) is 322 cm³/mol. The second-order valence-electron chi connectivity index (χ2n) is 27.2. The second kappa shape index (κ2) is 7.02. The molecule has 0 aliphatic heterocycles. The van der Waals surface area contributed by atoms with Gasteiger partial charge in [0.1, 0.15) is 0 Å². The average molecular weight is 929 g/mol. The van der Waals surface area contributed by atoms with Crippen LogP contribution in [-0.2, 0) is 10.8 Å². The molecule has 0 amide bonds. The fourth-order valence-electron chi connectivity index (χ4n) is 26.4. The Kier molecular flexibility index (Phi) is 2.73. The van der Waals surface area contributed by atoms with Gasteiger partial charge in [0, 0.05) is 5.92 Å². The molecule has 0 saturated heterocycles. The highest BCUT2D eigenvalue weighted by atomic mass is 14.7. The minimum Gasteiger partial charge on any atom is -0.103 e. The van der Waals surface area contributed by atoms with Crippen LogP contribution < -0.4 is 0 Å². The van der Waals surface area contributed by atoms with Gasteiger partial charge in [-0.3, -0.25) is 0 Å². The van der Waals surface area contributed by atoms with E-state index < -0.39 is 5.41 Å². The third kappa shape index (κ3) is 1.66. The molecule has 0 radical (unpaired) electrons. The van der Waals surface area contributed by atoms with E-state index >= 15 is 0 Å². The van der Waals surface area contributed by atoms with Crippen LogP contribution in [0, 0.1) is 0 Å². The van der Waals surface area contributed by atoms with Crippen molar-refractivity contribution in [3.63, 3.8) is 0 Å². The maximum atomic E-state index is 4.91. The summed E-state index contributed by atoms with van der Waals surface area (Å²) < 4.78 is 0. The summed E-state index contributed by atoms with van der Waals surface area (Å²) in [5.74, 6) is 0.0424. The van der Waals surface area contributed by atoms with Crippen molar-refractivity contribution in [2.75, 3.05) is 0 Å². The van der Waals surface area contributed by atoms with E-state index in [0.717, 1.165) is 6.42 Å². The Hall–Kier alpha value is -9.36.